The van der Waals surface area contributed by atoms with E-state index in [0.29, 0.717) is 18.4 Å². The molecular weight excluding hydrogens is 262 g/mol. The van der Waals surface area contributed by atoms with E-state index in [1.165, 1.54) is 17.5 Å². The molecule has 21 heavy (non-hydrogen) atoms. The fraction of sp³-hybridized carbons (Fsp3) is 0.667. The molecule has 1 aromatic carbocycles. The molecule has 2 heterocycles. The Kier molecular flexibility index (Phi) is 4.23. The molecule has 1 fully saturated rings. The number of nitrogens with zero attached hydrogens (tertiary/aromatic N) is 1. The molecule has 0 aliphatic carbocycles. The maximum atomic E-state index is 10.5. The predicted octanol–water partition coefficient (Wildman–Crippen LogP) is 3.02. The van der Waals surface area contributed by atoms with Crippen molar-refractivity contribution >= 4 is 0 Å². The Hall–Kier alpha value is -1.06. The van der Waals surface area contributed by atoms with Crippen LogP contribution in [0.3, 0.4) is 0 Å². The van der Waals surface area contributed by atoms with Crippen molar-refractivity contribution in [2.45, 2.75) is 45.8 Å². The van der Waals surface area contributed by atoms with Gasteiger partial charge in [-0.2, -0.15) is 0 Å². The van der Waals surface area contributed by atoms with Gasteiger partial charge in [0.05, 0.1) is 6.04 Å². The maximum Gasteiger partial charge on any atom is 0.124 e. The van der Waals surface area contributed by atoms with E-state index in [2.05, 4.69) is 43.9 Å². The normalized spacial score (nSPS) is 33.3. The van der Waals surface area contributed by atoms with Crippen LogP contribution in [0.5, 0.6) is 5.75 Å². The minimum atomic E-state index is -0.429. The Morgan fingerprint density at radius 3 is 2.62 bits per heavy atom. The lowest BCUT2D eigenvalue weighted by Gasteiger charge is -2.44. The van der Waals surface area contributed by atoms with Gasteiger partial charge in [0, 0.05) is 18.7 Å². The molecular formula is C18H27NO2. The van der Waals surface area contributed by atoms with Crippen LogP contribution in [0.2, 0.25) is 0 Å². The van der Waals surface area contributed by atoms with Gasteiger partial charge in [-0.3, -0.25) is 4.90 Å². The molecule has 1 N–H and O–H groups in total. The molecule has 0 aromatic heterocycles. The van der Waals surface area contributed by atoms with Gasteiger partial charge in [-0.05, 0) is 36.3 Å². The van der Waals surface area contributed by atoms with Gasteiger partial charge in [0.15, 0.2) is 0 Å². The number of ether oxygens (including phenoxy) is 1. The summed E-state index contributed by atoms with van der Waals surface area (Å²) in [5, 5.41) is 10.5. The smallest absolute Gasteiger partial charge is 0.124 e. The molecule has 3 rings (SSSR count). The van der Waals surface area contributed by atoms with Crippen molar-refractivity contribution in [2.75, 3.05) is 19.7 Å². The molecule has 0 bridgehead atoms. The van der Waals surface area contributed by atoms with E-state index in [0.717, 1.165) is 25.3 Å². The Balaban J connectivity index is 1.94. The summed E-state index contributed by atoms with van der Waals surface area (Å²) >= 11 is 0. The van der Waals surface area contributed by atoms with Crippen LogP contribution >= 0.6 is 0 Å². The number of piperidine rings is 1. The fourth-order valence-electron chi connectivity index (χ4n) is 4.03. The first kappa shape index (κ1) is 14.9. The van der Waals surface area contributed by atoms with Crippen LogP contribution in [0.1, 0.15) is 44.4 Å². The Morgan fingerprint density at radius 1 is 1.24 bits per heavy atom. The highest BCUT2D eigenvalue weighted by Crippen LogP contribution is 2.39. The highest BCUT2D eigenvalue weighted by atomic mass is 16.5. The second kappa shape index (κ2) is 5.98. The molecule has 4 atom stereocenters. The molecule has 0 radical (unpaired) electrons. The zero-order valence-corrected chi connectivity index (χ0v) is 13.4. The molecule has 116 valence electrons. The largest absolute Gasteiger partial charge is 0.490 e. The van der Waals surface area contributed by atoms with Gasteiger partial charge < -0.3 is 9.84 Å². The maximum absolute atomic E-state index is 10.5. The van der Waals surface area contributed by atoms with Crippen LogP contribution in [0, 0.1) is 11.8 Å². The number of hydrogen-bond acceptors (Lipinski definition) is 3. The Bertz CT molecular complexity index is 492. The zero-order valence-electron chi connectivity index (χ0n) is 13.4. The Labute approximate surface area is 127 Å². The number of hydrogen-bond donors (Lipinski definition) is 1. The lowest BCUT2D eigenvalue weighted by atomic mass is 9.87. The third kappa shape index (κ3) is 2.95. The van der Waals surface area contributed by atoms with E-state index in [1.807, 2.05) is 0 Å². The number of rotatable bonds is 2. The number of benzene rings is 1. The van der Waals surface area contributed by atoms with E-state index >= 15 is 0 Å². The van der Waals surface area contributed by atoms with Crippen molar-refractivity contribution < 1.29 is 9.84 Å². The second-order valence-electron chi connectivity index (χ2n) is 6.95. The zero-order chi connectivity index (χ0) is 15.0. The summed E-state index contributed by atoms with van der Waals surface area (Å²) in [5.74, 6) is 2.34. The topological polar surface area (TPSA) is 32.7 Å². The monoisotopic (exact) mass is 289 g/mol. The van der Waals surface area contributed by atoms with E-state index in [9.17, 15) is 5.11 Å². The molecule has 0 spiro atoms. The summed E-state index contributed by atoms with van der Waals surface area (Å²) in [6, 6.07) is 6.52. The van der Waals surface area contributed by atoms with Crippen molar-refractivity contribution in [3.63, 3.8) is 0 Å². The molecule has 1 aromatic rings. The van der Waals surface area contributed by atoms with Crippen molar-refractivity contribution in [3.8, 4) is 5.75 Å². The highest BCUT2D eigenvalue weighted by Gasteiger charge is 2.37. The van der Waals surface area contributed by atoms with Gasteiger partial charge in [0.25, 0.3) is 0 Å². The first-order valence-electron chi connectivity index (χ1n) is 8.26. The average molecular weight is 289 g/mol. The van der Waals surface area contributed by atoms with Crippen LogP contribution in [-0.4, -0.2) is 35.8 Å². The van der Waals surface area contributed by atoms with Crippen molar-refractivity contribution in [1.82, 2.24) is 4.90 Å². The van der Waals surface area contributed by atoms with E-state index in [-0.39, 0.29) is 6.04 Å². The third-order valence-electron chi connectivity index (χ3n) is 4.87. The van der Waals surface area contributed by atoms with Crippen LogP contribution < -0.4 is 4.74 Å². The van der Waals surface area contributed by atoms with E-state index < -0.39 is 6.10 Å². The first-order valence-corrected chi connectivity index (χ1v) is 8.26. The van der Waals surface area contributed by atoms with Gasteiger partial charge in [-0.25, -0.2) is 0 Å². The molecule has 2 aliphatic heterocycles. The van der Waals surface area contributed by atoms with Gasteiger partial charge in [-0.1, -0.05) is 32.9 Å². The summed E-state index contributed by atoms with van der Waals surface area (Å²) in [6.45, 7) is 9.35. The van der Waals surface area contributed by atoms with E-state index in [4.69, 9.17) is 4.74 Å². The standard InChI is InChI=1S/C18H27NO2/c1-4-14-5-6-17-15(8-14)18(16(20)11-21-17)19-9-12(2)7-13(3)10-19/h5-6,8,12-13,16,18,20H,4,7,9-11H2,1-3H3. The van der Waals surface area contributed by atoms with Gasteiger partial charge in [0.1, 0.15) is 18.5 Å². The number of likely N-dealkylation sites (tertiary alicyclic amines) is 1. The lowest BCUT2D eigenvalue weighted by molar-refractivity contribution is -0.0230. The lowest BCUT2D eigenvalue weighted by Crippen LogP contribution is -2.48. The van der Waals surface area contributed by atoms with Crippen LogP contribution in [-0.2, 0) is 6.42 Å². The second-order valence-corrected chi connectivity index (χ2v) is 6.95. The first-order chi connectivity index (χ1) is 10.1. The molecule has 2 aliphatic rings. The van der Waals surface area contributed by atoms with Crippen LogP contribution in [0.25, 0.3) is 0 Å². The number of aryl methyl sites for hydroxylation is 1. The van der Waals surface area contributed by atoms with Crippen molar-refractivity contribution in [1.29, 1.82) is 0 Å². The minimum Gasteiger partial charge on any atom is -0.490 e. The number of fused-ring (bicyclic) bond motifs is 1. The Morgan fingerprint density at radius 2 is 1.95 bits per heavy atom. The van der Waals surface area contributed by atoms with Crippen molar-refractivity contribution in [3.05, 3.63) is 29.3 Å². The predicted molar refractivity (Wildman–Crippen MR) is 84.6 cm³/mol. The molecule has 1 saturated heterocycles. The van der Waals surface area contributed by atoms with E-state index in [1.54, 1.807) is 0 Å². The number of aliphatic hydroxyl groups excluding tert-OH is 1. The molecule has 4 unspecified atom stereocenters. The SMILES string of the molecule is CCc1ccc2c(c1)C(N1CC(C)CC(C)C1)C(O)CO2. The summed E-state index contributed by atoms with van der Waals surface area (Å²) in [7, 11) is 0. The highest BCUT2D eigenvalue weighted by molar-refractivity contribution is 5.41. The molecule has 3 heteroatoms. The minimum absolute atomic E-state index is 0.0884. The fourth-order valence-corrected chi connectivity index (χ4v) is 4.03. The summed E-state index contributed by atoms with van der Waals surface area (Å²) in [5.41, 5.74) is 2.49. The quantitative estimate of drug-likeness (QED) is 0.908. The summed E-state index contributed by atoms with van der Waals surface area (Å²) in [6.07, 6.45) is 1.88. The van der Waals surface area contributed by atoms with Crippen molar-refractivity contribution in [2.24, 2.45) is 11.8 Å². The molecule has 0 amide bonds. The van der Waals surface area contributed by atoms with Gasteiger partial charge in [0.2, 0.25) is 0 Å². The molecule has 3 nitrogen and oxygen atoms in total. The number of aliphatic hydroxyl groups is 1. The van der Waals surface area contributed by atoms with Gasteiger partial charge >= 0.3 is 0 Å². The molecule has 0 saturated carbocycles. The summed E-state index contributed by atoms with van der Waals surface area (Å²) < 4.78 is 5.73. The van der Waals surface area contributed by atoms with Crippen LogP contribution in [0.15, 0.2) is 18.2 Å². The third-order valence-corrected chi connectivity index (χ3v) is 4.87. The average Bonchev–Trinajstić information content (AvgIpc) is 2.45. The summed E-state index contributed by atoms with van der Waals surface area (Å²) in [4.78, 5) is 2.48. The van der Waals surface area contributed by atoms with Gasteiger partial charge in [-0.15, -0.1) is 0 Å². The van der Waals surface area contributed by atoms with Crippen LogP contribution in [0.4, 0.5) is 0 Å².